The first-order valence-electron chi connectivity index (χ1n) is 3.99. The third kappa shape index (κ3) is 2.27. The maximum Gasteiger partial charge on any atom is 0.177 e. The summed E-state index contributed by atoms with van der Waals surface area (Å²) in [5, 5.41) is 21.1. The lowest BCUT2D eigenvalue weighted by Crippen LogP contribution is -2.26. The molecule has 0 bridgehead atoms. The lowest BCUT2D eigenvalue weighted by molar-refractivity contribution is 0.0543. The van der Waals surface area contributed by atoms with Crippen LogP contribution in [-0.4, -0.2) is 30.9 Å². The molecule has 0 saturated heterocycles. The Bertz CT molecular complexity index is 256. The summed E-state index contributed by atoms with van der Waals surface area (Å²) in [6.07, 6.45) is 1.14. The van der Waals surface area contributed by atoms with Gasteiger partial charge in [0.1, 0.15) is 0 Å². The SMILES string of the molecule is CCC(C)(O)Cc1nnn(C)n1. The number of aromatic nitrogens is 4. The number of aryl methyl sites for hydroxylation is 1. The van der Waals surface area contributed by atoms with Crippen LogP contribution in [0.1, 0.15) is 26.1 Å². The highest BCUT2D eigenvalue weighted by molar-refractivity contribution is 4.87. The lowest BCUT2D eigenvalue weighted by atomic mass is 9.99. The van der Waals surface area contributed by atoms with Crippen molar-refractivity contribution in [2.75, 3.05) is 0 Å². The van der Waals surface area contributed by atoms with Gasteiger partial charge in [-0.3, -0.25) is 0 Å². The monoisotopic (exact) mass is 170 g/mol. The topological polar surface area (TPSA) is 63.8 Å². The van der Waals surface area contributed by atoms with E-state index >= 15 is 0 Å². The molecule has 0 fully saturated rings. The summed E-state index contributed by atoms with van der Waals surface area (Å²) < 4.78 is 0. The summed E-state index contributed by atoms with van der Waals surface area (Å²) in [7, 11) is 1.71. The summed E-state index contributed by atoms with van der Waals surface area (Å²) in [5.41, 5.74) is -0.719. The molecule has 1 aromatic heterocycles. The molecule has 5 nitrogen and oxygen atoms in total. The number of nitrogens with zero attached hydrogens (tertiary/aromatic N) is 4. The van der Waals surface area contributed by atoms with Crippen molar-refractivity contribution in [1.82, 2.24) is 20.2 Å². The summed E-state index contributed by atoms with van der Waals surface area (Å²) in [4.78, 5) is 1.39. The van der Waals surface area contributed by atoms with Crippen molar-refractivity contribution in [3.63, 3.8) is 0 Å². The van der Waals surface area contributed by atoms with Crippen molar-refractivity contribution < 1.29 is 5.11 Å². The summed E-state index contributed by atoms with van der Waals surface area (Å²) >= 11 is 0. The van der Waals surface area contributed by atoms with Crippen LogP contribution < -0.4 is 0 Å². The highest BCUT2D eigenvalue weighted by Gasteiger charge is 2.20. The van der Waals surface area contributed by atoms with Gasteiger partial charge in [-0.25, -0.2) is 0 Å². The number of hydrogen-bond acceptors (Lipinski definition) is 4. The van der Waals surface area contributed by atoms with Gasteiger partial charge in [-0.2, -0.15) is 4.80 Å². The smallest absolute Gasteiger partial charge is 0.177 e. The zero-order chi connectivity index (χ0) is 9.19. The maximum absolute atomic E-state index is 9.67. The Morgan fingerprint density at radius 1 is 1.58 bits per heavy atom. The van der Waals surface area contributed by atoms with E-state index in [2.05, 4.69) is 15.4 Å². The minimum Gasteiger partial charge on any atom is -0.390 e. The Labute approximate surface area is 71.4 Å². The van der Waals surface area contributed by atoms with Crippen molar-refractivity contribution in [2.24, 2.45) is 7.05 Å². The van der Waals surface area contributed by atoms with Gasteiger partial charge in [-0.15, -0.1) is 10.2 Å². The molecule has 0 spiro atoms. The van der Waals surface area contributed by atoms with Crippen LogP contribution in [0.2, 0.25) is 0 Å². The number of tetrazole rings is 1. The Morgan fingerprint density at radius 2 is 2.25 bits per heavy atom. The zero-order valence-corrected chi connectivity index (χ0v) is 7.65. The highest BCUT2D eigenvalue weighted by Crippen LogP contribution is 2.12. The highest BCUT2D eigenvalue weighted by atomic mass is 16.3. The molecule has 0 aliphatic heterocycles. The van der Waals surface area contributed by atoms with E-state index < -0.39 is 5.60 Å². The molecule has 0 aromatic carbocycles. The van der Waals surface area contributed by atoms with Gasteiger partial charge >= 0.3 is 0 Å². The van der Waals surface area contributed by atoms with E-state index in [9.17, 15) is 5.11 Å². The van der Waals surface area contributed by atoms with Crippen LogP contribution in [-0.2, 0) is 13.5 Å². The van der Waals surface area contributed by atoms with Crippen LogP contribution in [0.15, 0.2) is 0 Å². The molecular weight excluding hydrogens is 156 g/mol. The largest absolute Gasteiger partial charge is 0.390 e. The molecule has 1 rings (SSSR count). The number of aliphatic hydroxyl groups is 1. The lowest BCUT2D eigenvalue weighted by Gasteiger charge is -2.18. The van der Waals surface area contributed by atoms with Gasteiger partial charge in [0, 0.05) is 6.42 Å². The fourth-order valence-corrected chi connectivity index (χ4v) is 0.860. The third-order valence-corrected chi connectivity index (χ3v) is 1.85. The molecule has 12 heavy (non-hydrogen) atoms. The van der Waals surface area contributed by atoms with Gasteiger partial charge in [-0.05, 0) is 18.6 Å². The molecule has 0 amide bonds. The molecule has 0 aliphatic carbocycles. The predicted octanol–water partition coefficient (Wildman–Crippen LogP) is -0.0864. The molecule has 5 heteroatoms. The van der Waals surface area contributed by atoms with Crippen LogP contribution in [0.25, 0.3) is 0 Å². The van der Waals surface area contributed by atoms with E-state index in [1.54, 1.807) is 14.0 Å². The van der Waals surface area contributed by atoms with Crippen LogP contribution in [0.4, 0.5) is 0 Å². The van der Waals surface area contributed by atoms with Gasteiger partial charge < -0.3 is 5.11 Å². The van der Waals surface area contributed by atoms with Crippen molar-refractivity contribution in [3.05, 3.63) is 5.82 Å². The zero-order valence-electron chi connectivity index (χ0n) is 7.65. The van der Waals surface area contributed by atoms with E-state index in [1.165, 1.54) is 4.80 Å². The minimum atomic E-state index is -0.719. The van der Waals surface area contributed by atoms with Crippen LogP contribution >= 0.6 is 0 Å². The van der Waals surface area contributed by atoms with Crippen LogP contribution in [0, 0.1) is 0 Å². The predicted molar refractivity (Wildman–Crippen MR) is 43.4 cm³/mol. The average molecular weight is 170 g/mol. The second kappa shape index (κ2) is 3.18. The summed E-state index contributed by atoms with van der Waals surface area (Å²) in [6, 6.07) is 0. The van der Waals surface area contributed by atoms with Gasteiger partial charge in [-0.1, -0.05) is 6.92 Å². The Balaban J connectivity index is 2.63. The fraction of sp³-hybridized carbons (Fsp3) is 0.857. The standard InChI is InChI=1S/C7H14N4O/c1-4-7(2,12)5-6-8-10-11(3)9-6/h12H,4-5H2,1-3H3. The maximum atomic E-state index is 9.67. The minimum absolute atomic E-state index is 0.456. The van der Waals surface area contributed by atoms with E-state index in [4.69, 9.17) is 0 Å². The summed E-state index contributed by atoms with van der Waals surface area (Å²) in [6.45, 7) is 3.69. The molecule has 1 atom stereocenters. The average Bonchev–Trinajstić information content (AvgIpc) is 2.35. The van der Waals surface area contributed by atoms with Crippen molar-refractivity contribution >= 4 is 0 Å². The van der Waals surface area contributed by atoms with Crippen LogP contribution in [0.3, 0.4) is 0 Å². The first-order valence-corrected chi connectivity index (χ1v) is 3.99. The van der Waals surface area contributed by atoms with Crippen molar-refractivity contribution in [2.45, 2.75) is 32.3 Å². The van der Waals surface area contributed by atoms with E-state index in [0.29, 0.717) is 18.7 Å². The Kier molecular flexibility index (Phi) is 2.42. The fourth-order valence-electron chi connectivity index (χ4n) is 0.860. The molecule has 1 unspecified atom stereocenters. The molecule has 0 radical (unpaired) electrons. The molecular formula is C7H14N4O. The Hall–Kier alpha value is -0.970. The van der Waals surface area contributed by atoms with E-state index in [1.807, 2.05) is 6.92 Å². The van der Waals surface area contributed by atoms with Crippen molar-refractivity contribution in [1.29, 1.82) is 0 Å². The van der Waals surface area contributed by atoms with E-state index in [0.717, 1.165) is 0 Å². The molecule has 0 aliphatic rings. The molecule has 1 heterocycles. The first-order chi connectivity index (χ1) is 5.53. The number of rotatable bonds is 3. The summed E-state index contributed by atoms with van der Waals surface area (Å²) in [5.74, 6) is 0.587. The normalized spacial score (nSPS) is 16.0. The van der Waals surface area contributed by atoms with Gasteiger partial charge in [0.2, 0.25) is 0 Å². The van der Waals surface area contributed by atoms with E-state index in [-0.39, 0.29) is 0 Å². The number of hydrogen-bond donors (Lipinski definition) is 1. The van der Waals surface area contributed by atoms with Gasteiger partial charge in [0.15, 0.2) is 5.82 Å². The molecule has 68 valence electrons. The molecule has 0 saturated carbocycles. The van der Waals surface area contributed by atoms with Gasteiger partial charge in [0.25, 0.3) is 0 Å². The van der Waals surface area contributed by atoms with Crippen molar-refractivity contribution in [3.8, 4) is 0 Å². The third-order valence-electron chi connectivity index (χ3n) is 1.85. The quantitative estimate of drug-likeness (QED) is 0.688. The van der Waals surface area contributed by atoms with Gasteiger partial charge in [0.05, 0.1) is 12.6 Å². The van der Waals surface area contributed by atoms with Crippen LogP contribution in [0.5, 0.6) is 0 Å². The second-order valence-electron chi connectivity index (χ2n) is 3.22. The Morgan fingerprint density at radius 3 is 2.67 bits per heavy atom. The second-order valence-corrected chi connectivity index (χ2v) is 3.22. The molecule has 1 aromatic rings. The first kappa shape index (κ1) is 9.12. The molecule has 1 N–H and O–H groups in total.